The fourth-order valence-corrected chi connectivity index (χ4v) is 3.06. The first-order valence-corrected chi connectivity index (χ1v) is 8.56. The van der Waals surface area contributed by atoms with Gasteiger partial charge in [-0.25, -0.2) is 0 Å². The van der Waals surface area contributed by atoms with Gasteiger partial charge in [0.05, 0.1) is 11.4 Å². The van der Waals surface area contributed by atoms with Gasteiger partial charge in [-0.1, -0.05) is 38.2 Å². The maximum absolute atomic E-state index is 4.82. The normalized spacial score (nSPS) is 21.2. The van der Waals surface area contributed by atoms with Crippen LogP contribution in [0.4, 0.5) is 0 Å². The molecule has 0 N–H and O–H groups in total. The van der Waals surface area contributed by atoms with E-state index in [0.717, 1.165) is 13.1 Å². The summed E-state index contributed by atoms with van der Waals surface area (Å²) in [4.78, 5) is 9.63. The smallest absolute Gasteiger partial charge is 0.0547 e. The van der Waals surface area contributed by atoms with E-state index in [-0.39, 0.29) is 0 Å². The van der Waals surface area contributed by atoms with E-state index in [0.29, 0.717) is 0 Å². The molecule has 0 saturated heterocycles. The van der Waals surface area contributed by atoms with E-state index in [1.54, 1.807) is 0 Å². The molecule has 118 valence electrons. The van der Waals surface area contributed by atoms with Gasteiger partial charge < -0.3 is 9.80 Å². The molecule has 0 amide bonds. The third kappa shape index (κ3) is 6.58. The highest BCUT2D eigenvalue weighted by Gasteiger charge is 2.06. The van der Waals surface area contributed by atoms with Gasteiger partial charge in [-0.05, 0) is 52.2 Å². The first-order chi connectivity index (χ1) is 10.2. The largest absolute Gasteiger partial charge is 0.301 e. The quantitative estimate of drug-likeness (QED) is 0.726. The highest BCUT2D eigenvalue weighted by molar-refractivity contribution is 5.11. The Kier molecular flexibility index (Phi) is 7.17. The Morgan fingerprint density at radius 1 is 0.714 bits per heavy atom. The predicted octanol–water partition coefficient (Wildman–Crippen LogP) is 3.69. The van der Waals surface area contributed by atoms with Crippen molar-refractivity contribution in [1.29, 1.82) is 0 Å². The summed E-state index contributed by atoms with van der Waals surface area (Å²) in [5.74, 6) is 0. The van der Waals surface area contributed by atoms with Crippen molar-refractivity contribution >= 4 is 0 Å². The van der Waals surface area contributed by atoms with Gasteiger partial charge in [0.15, 0.2) is 0 Å². The van der Waals surface area contributed by atoms with Crippen LogP contribution >= 0.6 is 0 Å². The minimum absolute atomic E-state index is 0.970. The van der Waals surface area contributed by atoms with Crippen LogP contribution in [0.1, 0.15) is 56.3 Å². The minimum atomic E-state index is 0.970. The number of pyridine rings is 1. The maximum atomic E-state index is 4.82. The van der Waals surface area contributed by atoms with Crippen molar-refractivity contribution in [3.8, 4) is 0 Å². The molecule has 2 bridgehead atoms. The summed E-state index contributed by atoms with van der Waals surface area (Å²) in [7, 11) is 4.42. The summed E-state index contributed by atoms with van der Waals surface area (Å²) in [6.45, 7) is 4.31. The molecule has 1 aromatic rings. The maximum Gasteiger partial charge on any atom is 0.0547 e. The second kappa shape index (κ2) is 9.16. The monoisotopic (exact) mass is 289 g/mol. The van der Waals surface area contributed by atoms with E-state index < -0.39 is 0 Å². The second-order valence-corrected chi connectivity index (χ2v) is 6.57. The molecule has 0 fully saturated rings. The lowest BCUT2D eigenvalue weighted by Gasteiger charge is -2.19. The zero-order valence-corrected chi connectivity index (χ0v) is 13.9. The number of fused-ring (bicyclic) bond motifs is 2. The molecule has 1 aliphatic rings. The molecular weight excluding hydrogens is 258 g/mol. The van der Waals surface area contributed by atoms with Crippen molar-refractivity contribution < 1.29 is 0 Å². The van der Waals surface area contributed by atoms with Crippen LogP contribution in [0.2, 0.25) is 0 Å². The van der Waals surface area contributed by atoms with E-state index in [1.807, 2.05) is 0 Å². The molecule has 0 radical (unpaired) electrons. The van der Waals surface area contributed by atoms with Crippen molar-refractivity contribution in [3.05, 3.63) is 29.6 Å². The van der Waals surface area contributed by atoms with Crippen LogP contribution in [0, 0.1) is 0 Å². The third-order valence-electron chi connectivity index (χ3n) is 4.31. The lowest BCUT2D eigenvalue weighted by Crippen LogP contribution is -2.22. The van der Waals surface area contributed by atoms with Crippen LogP contribution < -0.4 is 0 Å². The molecule has 21 heavy (non-hydrogen) atoms. The van der Waals surface area contributed by atoms with Crippen molar-refractivity contribution in [3.63, 3.8) is 0 Å². The lowest BCUT2D eigenvalue weighted by molar-refractivity contribution is 0.300. The van der Waals surface area contributed by atoms with Gasteiger partial charge in [-0.3, -0.25) is 4.98 Å². The Bertz CT molecular complexity index is 372. The molecule has 3 heteroatoms. The van der Waals surface area contributed by atoms with Gasteiger partial charge in [-0.2, -0.15) is 0 Å². The van der Waals surface area contributed by atoms with E-state index in [9.17, 15) is 0 Å². The van der Waals surface area contributed by atoms with E-state index in [1.165, 1.54) is 69.4 Å². The number of rotatable bonds is 0. The van der Waals surface area contributed by atoms with Crippen LogP contribution in [0.3, 0.4) is 0 Å². The van der Waals surface area contributed by atoms with Gasteiger partial charge in [0.2, 0.25) is 0 Å². The number of aromatic nitrogens is 1. The average Bonchev–Trinajstić information content (AvgIpc) is 2.45. The van der Waals surface area contributed by atoms with Gasteiger partial charge in [0.25, 0.3) is 0 Å². The summed E-state index contributed by atoms with van der Waals surface area (Å²) in [5, 5.41) is 0. The van der Waals surface area contributed by atoms with E-state index >= 15 is 0 Å². The first-order valence-electron chi connectivity index (χ1n) is 8.56. The van der Waals surface area contributed by atoms with Crippen molar-refractivity contribution in [2.75, 3.05) is 27.2 Å². The van der Waals surface area contributed by atoms with Gasteiger partial charge >= 0.3 is 0 Å². The fraction of sp³-hybridized carbons (Fsp3) is 0.722. The van der Waals surface area contributed by atoms with Crippen LogP contribution in [-0.2, 0) is 13.1 Å². The average molecular weight is 289 g/mol. The number of hydrogen-bond donors (Lipinski definition) is 0. The van der Waals surface area contributed by atoms with Crippen LogP contribution in [0.15, 0.2) is 18.2 Å². The molecule has 0 unspecified atom stereocenters. The second-order valence-electron chi connectivity index (χ2n) is 6.57. The van der Waals surface area contributed by atoms with Crippen molar-refractivity contribution in [1.82, 2.24) is 14.8 Å². The van der Waals surface area contributed by atoms with Gasteiger partial charge in [0.1, 0.15) is 0 Å². The SMILES string of the molecule is CN1CCCCCCCCCN(C)Cc2cccc(n2)C1. The third-order valence-corrected chi connectivity index (χ3v) is 4.31. The first kappa shape index (κ1) is 16.4. The Labute approximate surface area is 130 Å². The molecule has 0 aliphatic carbocycles. The summed E-state index contributed by atoms with van der Waals surface area (Å²) < 4.78 is 0. The Morgan fingerprint density at radius 2 is 1.14 bits per heavy atom. The van der Waals surface area contributed by atoms with Gasteiger partial charge in [-0.15, -0.1) is 0 Å². The molecule has 0 aromatic carbocycles. The molecule has 2 rings (SSSR count). The summed E-state index contributed by atoms with van der Waals surface area (Å²) in [5.41, 5.74) is 2.41. The molecule has 0 saturated carbocycles. The lowest BCUT2D eigenvalue weighted by atomic mass is 10.1. The summed E-state index contributed by atoms with van der Waals surface area (Å²) in [6.07, 6.45) is 9.59. The molecule has 0 atom stereocenters. The van der Waals surface area contributed by atoms with Crippen molar-refractivity contribution in [2.24, 2.45) is 0 Å². The van der Waals surface area contributed by atoms with Crippen LogP contribution in [0.5, 0.6) is 0 Å². The Morgan fingerprint density at radius 3 is 1.62 bits per heavy atom. The zero-order valence-electron chi connectivity index (χ0n) is 13.9. The highest BCUT2D eigenvalue weighted by atomic mass is 15.1. The Balaban J connectivity index is 1.97. The fourth-order valence-electron chi connectivity index (χ4n) is 3.06. The van der Waals surface area contributed by atoms with Crippen molar-refractivity contribution in [2.45, 2.75) is 58.0 Å². The van der Waals surface area contributed by atoms with E-state index in [2.05, 4.69) is 42.1 Å². The molecular formula is C18H31N3. The van der Waals surface area contributed by atoms with Gasteiger partial charge in [0, 0.05) is 13.1 Å². The van der Waals surface area contributed by atoms with Crippen LogP contribution in [-0.4, -0.2) is 42.0 Å². The predicted molar refractivity (Wildman–Crippen MR) is 89.2 cm³/mol. The topological polar surface area (TPSA) is 19.4 Å². The highest BCUT2D eigenvalue weighted by Crippen LogP contribution is 2.11. The Hall–Kier alpha value is -0.930. The summed E-state index contributed by atoms with van der Waals surface area (Å²) >= 11 is 0. The molecule has 1 aromatic heterocycles. The minimum Gasteiger partial charge on any atom is -0.301 e. The molecule has 1 aliphatic heterocycles. The number of nitrogens with zero attached hydrogens (tertiary/aromatic N) is 3. The standard InChI is InChI=1S/C18H31N3/c1-20-13-8-6-4-3-5-7-9-14-21(2)16-18-12-10-11-17(15-20)19-18/h10-12H,3-9,13-16H2,1-2H3. The molecule has 0 spiro atoms. The van der Waals surface area contributed by atoms with E-state index in [4.69, 9.17) is 4.98 Å². The molecule has 2 heterocycles. The number of hydrogen-bond acceptors (Lipinski definition) is 3. The molecule has 3 nitrogen and oxygen atoms in total. The summed E-state index contributed by atoms with van der Waals surface area (Å²) in [6, 6.07) is 6.47. The zero-order chi connectivity index (χ0) is 14.9. The van der Waals surface area contributed by atoms with Crippen LogP contribution in [0.25, 0.3) is 0 Å².